The Morgan fingerprint density at radius 2 is 1.55 bits per heavy atom. The molecule has 0 saturated carbocycles. The summed E-state index contributed by atoms with van der Waals surface area (Å²) >= 11 is 1.76. The fraction of sp³-hybridized carbons (Fsp3) is 1.00. The van der Waals surface area contributed by atoms with Crippen LogP contribution in [-0.2, 0) is 24.1 Å². The predicted molar refractivity (Wildman–Crippen MR) is 30.1 cm³/mol. The van der Waals surface area contributed by atoms with Crippen molar-refractivity contribution >= 4 is 0 Å². The molecule has 0 amide bonds. The van der Waals surface area contributed by atoms with Crippen LogP contribution >= 0.6 is 0 Å². The van der Waals surface area contributed by atoms with Gasteiger partial charge >= 0.3 is 63.4 Å². The second-order valence-electron chi connectivity index (χ2n) is 1.91. The molecule has 0 aliphatic heterocycles. The van der Waals surface area contributed by atoms with Crippen molar-refractivity contribution in [2.45, 2.75) is 32.6 Å². The van der Waals surface area contributed by atoms with Gasteiger partial charge in [0.2, 0.25) is 0 Å². The first-order valence-electron chi connectivity index (χ1n) is 3.20. The average molecular weight is 255 g/mol. The normalized spacial score (nSPS) is 7.18. The Kier molecular flexibility index (Phi) is 46.9. The second kappa shape index (κ2) is 22.6. The molecule has 0 aromatic rings. The Morgan fingerprint density at radius 1 is 1.00 bits per heavy atom. The largest absolute Gasteiger partial charge is 1.00 e. The zero-order chi connectivity index (χ0) is 6.24. The van der Waals surface area contributed by atoms with E-state index in [-0.39, 0.29) is 37.2 Å². The quantitative estimate of drug-likeness (QED) is 0.350. The van der Waals surface area contributed by atoms with E-state index in [0.717, 1.165) is 6.61 Å². The Balaban J connectivity index is -0.0000000817. The van der Waals surface area contributed by atoms with E-state index in [9.17, 15) is 0 Å². The summed E-state index contributed by atoms with van der Waals surface area (Å²) in [6, 6.07) is 0. The monoisotopic (exact) mass is 254 g/mol. The van der Waals surface area contributed by atoms with Crippen molar-refractivity contribution in [1.82, 2.24) is 0 Å². The number of rotatable bonds is 5. The summed E-state index contributed by atoms with van der Waals surface area (Å²) in [4.78, 5) is 0. The molecule has 0 saturated heterocycles. The number of hydrogen-bond donors (Lipinski definition) is 0. The molecule has 0 aliphatic carbocycles. The first kappa shape index (κ1) is 22.9. The van der Waals surface area contributed by atoms with Gasteiger partial charge in [-0.2, -0.15) is 0 Å². The van der Waals surface area contributed by atoms with Gasteiger partial charge in [0.1, 0.15) is 0 Å². The fourth-order valence-electron chi connectivity index (χ4n) is 0.601. The summed E-state index contributed by atoms with van der Waals surface area (Å²) in [6.07, 6.45) is 5.21. The first-order chi connectivity index (χ1) is 3.91. The maximum absolute atomic E-state index is 4.89. The Bertz CT molecular complexity index is 42.8. The number of hydrogen-bond acceptors (Lipinski definition) is 1. The summed E-state index contributed by atoms with van der Waals surface area (Å²) in [7, 11) is 0. The van der Waals surface area contributed by atoms with Crippen LogP contribution in [0.4, 0.5) is 0 Å². The van der Waals surface area contributed by atoms with Crippen LogP contribution in [0.1, 0.15) is 32.6 Å². The number of halogens is 3. The van der Waals surface area contributed by atoms with Gasteiger partial charge in [0.05, 0.1) is 0 Å². The third-order valence-corrected chi connectivity index (χ3v) is 1.42. The van der Waals surface area contributed by atoms with Gasteiger partial charge in [-0.05, 0) is 0 Å². The maximum Gasteiger partial charge on any atom is -1.00 e. The van der Waals surface area contributed by atoms with Crippen LogP contribution < -0.4 is 37.2 Å². The number of unbranched alkanes of at least 4 members (excludes halogenated alkanes) is 3. The summed E-state index contributed by atoms with van der Waals surface area (Å²) in [5.41, 5.74) is 0. The van der Waals surface area contributed by atoms with Crippen LogP contribution in [0, 0.1) is 0 Å². The van der Waals surface area contributed by atoms with Crippen molar-refractivity contribution in [2.75, 3.05) is 6.61 Å². The van der Waals surface area contributed by atoms with Crippen molar-refractivity contribution in [3.63, 3.8) is 0 Å². The third kappa shape index (κ3) is 24.6. The molecule has 0 spiro atoms. The van der Waals surface area contributed by atoms with E-state index < -0.39 is 0 Å². The van der Waals surface area contributed by atoms with Crippen LogP contribution in [0.5, 0.6) is 0 Å². The molecule has 5 heteroatoms. The van der Waals surface area contributed by atoms with Gasteiger partial charge in [0.25, 0.3) is 0 Å². The van der Waals surface area contributed by atoms with Gasteiger partial charge in [-0.3, -0.25) is 0 Å². The van der Waals surface area contributed by atoms with Gasteiger partial charge in [-0.1, -0.05) is 0 Å². The van der Waals surface area contributed by atoms with Gasteiger partial charge in [0, 0.05) is 0 Å². The van der Waals surface area contributed by atoms with Crippen molar-refractivity contribution in [2.24, 2.45) is 0 Å². The minimum Gasteiger partial charge on any atom is -1.00 e. The zero-order valence-electron chi connectivity index (χ0n) is 6.58. The van der Waals surface area contributed by atoms with Gasteiger partial charge < -0.3 is 37.2 Å². The van der Waals surface area contributed by atoms with Crippen molar-refractivity contribution in [3.8, 4) is 0 Å². The van der Waals surface area contributed by atoms with E-state index >= 15 is 0 Å². The molecule has 68 valence electrons. The van der Waals surface area contributed by atoms with E-state index in [0.29, 0.717) is 0 Å². The second-order valence-corrected chi connectivity index (χ2v) is 2.36. The average Bonchev–Trinajstić information content (AvgIpc) is 1.81. The molecule has 0 N–H and O–H groups in total. The summed E-state index contributed by atoms with van der Waals surface area (Å²) in [5.74, 6) is 0. The van der Waals surface area contributed by atoms with Crippen LogP contribution in [0.25, 0.3) is 0 Å². The minimum atomic E-state index is 0. The molecule has 0 aromatic carbocycles. The molecule has 0 aromatic heterocycles. The third-order valence-electron chi connectivity index (χ3n) is 1.10. The van der Waals surface area contributed by atoms with Crippen molar-refractivity contribution in [1.29, 1.82) is 0 Å². The zero-order valence-corrected chi connectivity index (χ0v) is 10.4. The SMILES string of the molecule is CCCCCC[O][Ti+3].[Cl-].[Cl-].[Cl-]. The van der Waals surface area contributed by atoms with E-state index in [4.69, 9.17) is 3.32 Å². The Hall–Kier alpha value is 1.54. The minimum absolute atomic E-state index is 0. The summed E-state index contributed by atoms with van der Waals surface area (Å²) < 4.78 is 4.89. The van der Waals surface area contributed by atoms with E-state index in [1.54, 1.807) is 20.8 Å². The molecule has 1 nitrogen and oxygen atoms in total. The van der Waals surface area contributed by atoms with E-state index in [1.807, 2.05) is 0 Å². The summed E-state index contributed by atoms with van der Waals surface area (Å²) in [6.45, 7) is 3.15. The molecular formula is C6H13Cl3OTi. The predicted octanol–water partition coefficient (Wildman–Crippen LogP) is -6.94. The molecule has 0 aliphatic rings. The van der Waals surface area contributed by atoms with Crippen LogP contribution in [0.3, 0.4) is 0 Å². The van der Waals surface area contributed by atoms with Crippen LogP contribution in [0.15, 0.2) is 0 Å². The first-order valence-corrected chi connectivity index (χ1v) is 3.84. The topological polar surface area (TPSA) is 9.23 Å². The van der Waals surface area contributed by atoms with Crippen LogP contribution in [0.2, 0.25) is 0 Å². The molecule has 0 heterocycles. The molecule has 0 unspecified atom stereocenters. The van der Waals surface area contributed by atoms with Gasteiger partial charge in [-0.15, -0.1) is 0 Å². The van der Waals surface area contributed by atoms with Crippen molar-refractivity contribution in [3.05, 3.63) is 0 Å². The summed E-state index contributed by atoms with van der Waals surface area (Å²) in [5, 5.41) is 0. The van der Waals surface area contributed by atoms with Crippen LogP contribution in [-0.4, -0.2) is 6.61 Å². The molecule has 0 radical (unpaired) electrons. The molecule has 0 rings (SSSR count). The molecule has 0 bridgehead atoms. The maximum atomic E-state index is 4.89. The smallest absolute Gasteiger partial charge is 1.00 e. The standard InChI is InChI=1S/C6H13O.3ClH.Ti/c1-2-3-4-5-6-7;;;;/h2-6H2,1H3;3*1H;/q-1;;;;+4/p-3. The Morgan fingerprint density at radius 3 is 1.91 bits per heavy atom. The van der Waals surface area contributed by atoms with Gasteiger partial charge in [-0.25, -0.2) is 0 Å². The molecular weight excluding hydrogens is 242 g/mol. The van der Waals surface area contributed by atoms with E-state index in [2.05, 4.69) is 6.92 Å². The molecule has 11 heavy (non-hydrogen) atoms. The van der Waals surface area contributed by atoms with Gasteiger partial charge in [0.15, 0.2) is 0 Å². The molecule has 0 atom stereocenters. The Labute approximate surface area is 100 Å². The molecule has 0 fully saturated rings. The fourth-order valence-corrected chi connectivity index (χ4v) is 0.826. The van der Waals surface area contributed by atoms with Crippen molar-refractivity contribution < 1.29 is 61.4 Å². The van der Waals surface area contributed by atoms with E-state index in [1.165, 1.54) is 25.7 Å².